The fourth-order valence-corrected chi connectivity index (χ4v) is 2.95. The van der Waals surface area contributed by atoms with E-state index < -0.39 is 0 Å². The summed E-state index contributed by atoms with van der Waals surface area (Å²) in [6.07, 6.45) is 3.59. The van der Waals surface area contributed by atoms with Crippen LogP contribution in [0.5, 0.6) is 0 Å². The van der Waals surface area contributed by atoms with Crippen LogP contribution in [0.1, 0.15) is 31.5 Å². The zero-order chi connectivity index (χ0) is 13.4. The minimum absolute atomic E-state index is 0.0293. The van der Waals surface area contributed by atoms with Crippen LogP contribution in [0.4, 0.5) is 5.69 Å². The number of piperazine rings is 1. The molecule has 102 valence electrons. The molecule has 3 rings (SSSR count). The number of hydrogen-bond donors (Lipinski definition) is 1. The lowest BCUT2D eigenvalue weighted by Crippen LogP contribution is -2.51. The summed E-state index contributed by atoms with van der Waals surface area (Å²) in [4.78, 5) is 20.4. The van der Waals surface area contributed by atoms with E-state index in [0.717, 1.165) is 37.4 Å². The first-order valence-electron chi connectivity index (χ1n) is 6.91. The summed E-state index contributed by atoms with van der Waals surface area (Å²) in [6.45, 7) is 4.58. The van der Waals surface area contributed by atoms with Gasteiger partial charge in [0.2, 0.25) is 5.91 Å². The quantitative estimate of drug-likeness (QED) is 0.858. The van der Waals surface area contributed by atoms with Crippen molar-refractivity contribution in [2.75, 3.05) is 24.5 Å². The Morgan fingerprint density at radius 1 is 1.42 bits per heavy atom. The second kappa shape index (κ2) is 4.81. The molecule has 1 aromatic rings. The minimum atomic E-state index is -0.0293. The molecule has 3 heterocycles. The fourth-order valence-electron chi connectivity index (χ4n) is 2.95. The molecule has 2 aliphatic heterocycles. The van der Waals surface area contributed by atoms with Crippen molar-refractivity contribution >= 4 is 11.6 Å². The number of nitrogens with two attached hydrogens (primary N) is 1. The van der Waals surface area contributed by atoms with Crippen LogP contribution in [-0.4, -0.2) is 41.5 Å². The van der Waals surface area contributed by atoms with Gasteiger partial charge in [-0.05, 0) is 25.5 Å². The molecule has 1 unspecified atom stereocenters. The van der Waals surface area contributed by atoms with E-state index in [2.05, 4.69) is 16.0 Å². The van der Waals surface area contributed by atoms with Gasteiger partial charge in [0, 0.05) is 38.1 Å². The Morgan fingerprint density at radius 3 is 2.95 bits per heavy atom. The van der Waals surface area contributed by atoms with E-state index in [1.165, 1.54) is 0 Å². The highest BCUT2D eigenvalue weighted by Crippen LogP contribution is 2.26. The smallest absolute Gasteiger partial charge is 0.223 e. The van der Waals surface area contributed by atoms with Crippen molar-refractivity contribution in [3.63, 3.8) is 0 Å². The van der Waals surface area contributed by atoms with Crippen LogP contribution in [0, 0.1) is 0 Å². The van der Waals surface area contributed by atoms with E-state index in [0.29, 0.717) is 18.4 Å². The summed E-state index contributed by atoms with van der Waals surface area (Å²) >= 11 is 0. The largest absolute Gasteiger partial charge is 0.366 e. The van der Waals surface area contributed by atoms with Crippen LogP contribution in [0.3, 0.4) is 0 Å². The zero-order valence-electron chi connectivity index (χ0n) is 11.2. The van der Waals surface area contributed by atoms with E-state index in [-0.39, 0.29) is 6.04 Å². The lowest BCUT2D eigenvalue weighted by atomic mass is 10.1. The Morgan fingerprint density at radius 2 is 2.26 bits per heavy atom. The van der Waals surface area contributed by atoms with E-state index in [9.17, 15) is 4.79 Å². The molecule has 2 atom stereocenters. The van der Waals surface area contributed by atoms with Crippen LogP contribution < -0.4 is 10.6 Å². The molecule has 2 fully saturated rings. The van der Waals surface area contributed by atoms with E-state index >= 15 is 0 Å². The summed E-state index contributed by atoms with van der Waals surface area (Å²) in [5.41, 5.74) is 7.85. The summed E-state index contributed by atoms with van der Waals surface area (Å²) < 4.78 is 0. The molecule has 0 aliphatic carbocycles. The van der Waals surface area contributed by atoms with Crippen LogP contribution in [-0.2, 0) is 4.79 Å². The monoisotopic (exact) mass is 260 g/mol. The van der Waals surface area contributed by atoms with Gasteiger partial charge in [-0.15, -0.1) is 0 Å². The van der Waals surface area contributed by atoms with Gasteiger partial charge < -0.3 is 15.5 Å². The predicted molar refractivity (Wildman–Crippen MR) is 73.8 cm³/mol. The van der Waals surface area contributed by atoms with Gasteiger partial charge in [0.15, 0.2) is 0 Å². The first kappa shape index (κ1) is 12.4. The van der Waals surface area contributed by atoms with Gasteiger partial charge in [-0.2, -0.15) is 0 Å². The highest BCUT2D eigenvalue weighted by Gasteiger charge is 2.35. The maximum Gasteiger partial charge on any atom is 0.223 e. The number of pyridine rings is 1. The Bertz CT molecular complexity index is 471. The summed E-state index contributed by atoms with van der Waals surface area (Å²) in [5.74, 6) is 0.315. The number of nitrogens with zero attached hydrogens (tertiary/aromatic N) is 3. The van der Waals surface area contributed by atoms with Gasteiger partial charge in [0.1, 0.15) is 0 Å². The average Bonchev–Trinajstić information content (AvgIpc) is 2.80. The fraction of sp³-hybridized carbons (Fsp3) is 0.571. The number of aromatic nitrogens is 1. The first-order chi connectivity index (χ1) is 9.15. The van der Waals surface area contributed by atoms with Crippen LogP contribution >= 0.6 is 0 Å². The third-order valence-electron chi connectivity index (χ3n) is 4.10. The SMILES string of the molecule is C[C@@H](N)c1ccc(N2CCN3C(=O)CCC3C2)cn1. The summed E-state index contributed by atoms with van der Waals surface area (Å²) in [6, 6.07) is 4.43. The van der Waals surface area contributed by atoms with Crippen molar-refractivity contribution in [1.29, 1.82) is 0 Å². The van der Waals surface area contributed by atoms with Gasteiger partial charge in [0.25, 0.3) is 0 Å². The maximum absolute atomic E-state index is 11.7. The lowest BCUT2D eigenvalue weighted by molar-refractivity contribution is -0.129. The molecule has 0 bridgehead atoms. The van der Waals surface area contributed by atoms with Crippen molar-refractivity contribution in [3.8, 4) is 0 Å². The number of rotatable bonds is 2. The van der Waals surface area contributed by atoms with Crippen molar-refractivity contribution in [2.45, 2.75) is 31.8 Å². The first-order valence-corrected chi connectivity index (χ1v) is 6.91. The number of carbonyl (C=O) groups excluding carboxylic acids is 1. The number of hydrogen-bond acceptors (Lipinski definition) is 4. The van der Waals surface area contributed by atoms with E-state index in [4.69, 9.17) is 5.73 Å². The van der Waals surface area contributed by atoms with E-state index in [1.807, 2.05) is 24.1 Å². The molecule has 0 aromatic carbocycles. The van der Waals surface area contributed by atoms with Gasteiger partial charge in [-0.25, -0.2) is 0 Å². The molecule has 5 heteroatoms. The van der Waals surface area contributed by atoms with Crippen LogP contribution in [0.2, 0.25) is 0 Å². The van der Waals surface area contributed by atoms with Crippen molar-refractivity contribution in [3.05, 3.63) is 24.0 Å². The molecule has 19 heavy (non-hydrogen) atoms. The number of fused-ring (bicyclic) bond motifs is 1. The zero-order valence-corrected chi connectivity index (χ0v) is 11.2. The van der Waals surface area contributed by atoms with Gasteiger partial charge in [-0.3, -0.25) is 9.78 Å². The molecule has 0 radical (unpaired) electrons. The molecule has 1 aromatic heterocycles. The van der Waals surface area contributed by atoms with Gasteiger partial charge in [-0.1, -0.05) is 0 Å². The Hall–Kier alpha value is -1.62. The molecule has 2 N–H and O–H groups in total. The average molecular weight is 260 g/mol. The van der Waals surface area contributed by atoms with Gasteiger partial charge >= 0.3 is 0 Å². The topological polar surface area (TPSA) is 62.5 Å². The Kier molecular flexibility index (Phi) is 3.14. The molecular formula is C14H20N4O. The second-order valence-electron chi connectivity index (χ2n) is 5.46. The highest BCUT2D eigenvalue weighted by atomic mass is 16.2. The Balaban J connectivity index is 1.71. The van der Waals surface area contributed by atoms with Crippen LogP contribution in [0.15, 0.2) is 18.3 Å². The predicted octanol–water partition coefficient (Wildman–Crippen LogP) is 0.912. The molecular weight excluding hydrogens is 240 g/mol. The minimum Gasteiger partial charge on any atom is -0.366 e. The maximum atomic E-state index is 11.7. The third-order valence-corrected chi connectivity index (χ3v) is 4.10. The molecule has 0 spiro atoms. The second-order valence-corrected chi connectivity index (χ2v) is 5.46. The van der Waals surface area contributed by atoms with Crippen molar-refractivity contribution < 1.29 is 4.79 Å². The number of amides is 1. The normalized spacial score (nSPS) is 24.5. The molecule has 5 nitrogen and oxygen atoms in total. The molecule has 1 amide bonds. The molecule has 2 aliphatic rings. The number of carbonyl (C=O) groups is 1. The summed E-state index contributed by atoms with van der Waals surface area (Å²) in [7, 11) is 0. The molecule has 2 saturated heterocycles. The lowest BCUT2D eigenvalue weighted by Gasteiger charge is -2.38. The summed E-state index contributed by atoms with van der Waals surface area (Å²) in [5, 5.41) is 0. The standard InChI is InChI=1S/C14H20N4O/c1-10(15)13-4-2-11(8-16-13)17-6-7-18-12(9-17)3-5-14(18)19/h2,4,8,10,12H,3,5-7,9,15H2,1H3/t10-,12?/m1/s1. The van der Waals surface area contributed by atoms with Crippen molar-refractivity contribution in [1.82, 2.24) is 9.88 Å². The number of anilines is 1. The van der Waals surface area contributed by atoms with Crippen molar-refractivity contribution in [2.24, 2.45) is 5.73 Å². The third kappa shape index (κ3) is 2.30. The highest BCUT2D eigenvalue weighted by molar-refractivity contribution is 5.79. The molecule has 0 saturated carbocycles. The Labute approximate surface area is 113 Å². The van der Waals surface area contributed by atoms with Gasteiger partial charge in [0.05, 0.1) is 17.6 Å². The van der Waals surface area contributed by atoms with E-state index in [1.54, 1.807) is 0 Å². The van der Waals surface area contributed by atoms with Crippen LogP contribution in [0.25, 0.3) is 0 Å².